The van der Waals surface area contributed by atoms with Crippen LogP contribution in [0.4, 0.5) is 0 Å². The van der Waals surface area contributed by atoms with Crippen LogP contribution in [-0.2, 0) is 17.9 Å². The lowest BCUT2D eigenvalue weighted by Gasteiger charge is -2.29. The highest BCUT2D eigenvalue weighted by atomic mass is 16.3. The van der Waals surface area contributed by atoms with Gasteiger partial charge >= 0.3 is 0 Å². The van der Waals surface area contributed by atoms with Gasteiger partial charge in [0.15, 0.2) is 0 Å². The monoisotopic (exact) mass is 278 g/mol. The number of aliphatic hydroxyl groups excluding tert-OH is 1. The molecule has 1 aliphatic carbocycles. The van der Waals surface area contributed by atoms with Gasteiger partial charge < -0.3 is 10.8 Å². The van der Waals surface area contributed by atoms with Crippen molar-refractivity contribution in [2.24, 2.45) is 11.7 Å². The number of rotatable bonds is 4. The molecule has 0 radical (unpaired) electrons. The lowest BCUT2D eigenvalue weighted by molar-refractivity contribution is -0.119. The average Bonchev–Trinajstić information content (AvgIpc) is 2.61. The number of aryl methyl sites for hydroxylation is 1. The fourth-order valence-corrected chi connectivity index (χ4v) is 3.05. The zero-order valence-corrected chi connectivity index (χ0v) is 11.7. The number of nitrogens with two attached hydrogens (primary N) is 1. The second-order valence-electron chi connectivity index (χ2n) is 5.95. The molecule has 1 amide bonds. The maximum atomic E-state index is 11.1. The van der Waals surface area contributed by atoms with Gasteiger partial charge in [0.05, 0.1) is 17.9 Å². The summed E-state index contributed by atoms with van der Waals surface area (Å²) in [5.74, 6) is 0.0727. The van der Waals surface area contributed by atoms with Crippen LogP contribution >= 0.6 is 0 Å². The number of amides is 1. The van der Waals surface area contributed by atoms with Crippen LogP contribution in [0.15, 0.2) is 6.07 Å². The fourth-order valence-electron chi connectivity index (χ4n) is 3.05. The van der Waals surface area contributed by atoms with Crippen LogP contribution < -0.4 is 5.73 Å². The van der Waals surface area contributed by atoms with E-state index in [1.807, 2.05) is 15.6 Å². The quantitative estimate of drug-likeness (QED) is 0.835. The molecule has 3 N–H and O–H groups in total. The van der Waals surface area contributed by atoms with Gasteiger partial charge in [-0.2, -0.15) is 5.10 Å². The molecule has 3 rings (SSSR count). The molecule has 0 saturated heterocycles. The third-order valence-corrected chi connectivity index (χ3v) is 4.39. The summed E-state index contributed by atoms with van der Waals surface area (Å²) in [6, 6.07) is 1.99. The fraction of sp³-hybridized carbons (Fsp3) is 0.714. The highest BCUT2D eigenvalue weighted by molar-refractivity contribution is 5.75. The van der Waals surface area contributed by atoms with E-state index in [4.69, 9.17) is 5.73 Å². The summed E-state index contributed by atoms with van der Waals surface area (Å²) in [5, 5.41) is 14.9. The molecule has 1 aliphatic heterocycles. The van der Waals surface area contributed by atoms with Crippen LogP contribution in [0.25, 0.3) is 0 Å². The van der Waals surface area contributed by atoms with E-state index >= 15 is 0 Å². The molecule has 1 aromatic heterocycles. The molecule has 2 heterocycles. The average molecular weight is 278 g/mol. The number of fused-ring (bicyclic) bond motifs is 1. The van der Waals surface area contributed by atoms with Gasteiger partial charge in [0.25, 0.3) is 0 Å². The molecule has 0 spiro atoms. The first-order valence-corrected chi connectivity index (χ1v) is 7.39. The topological polar surface area (TPSA) is 84.4 Å². The highest BCUT2D eigenvalue weighted by Gasteiger charge is 2.29. The van der Waals surface area contributed by atoms with Gasteiger partial charge in [0.2, 0.25) is 5.91 Å². The van der Waals surface area contributed by atoms with Crippen LogP contribution in [0.1, 0.15) is 43.2 Å². The van der Waals surface area contributed by atoms with Crippen molar-refractivity contribution in [3.05, 3.63) is 17.5 Å². The minimum Gasteiger partial charge on any atom is -0.386 e. The first kappa shape index (κ1) is 13.6. The molecular weight excluding hydrogens is 256 g/mol. The minimum absolute atomic E-state index is 0.283. The second-order valence-corrected chi connectivity index (χ2v) is 5.95. The normalized spacial score (nSPS) is 21.9. The van der Waals surface area contributed by atoms with E-state index in [-0.39, 0.29) is 12.5 Å². The number of hydrogen-bond donors (Lipinski definition) is 2. The Bertz CT molecular complexity index is 495. The molecule has 0 bridgehead atoms. The summed E-state index contributed by atoms with van der Waals surface area (Å²) in [5.41, 5.74) is 7.12. The van der Waals surface area contributed by atoms with Gasteiger partial charge in [0.1, 0.15) is 6.10 Å². The van der Waals surface area contributed by atoms with Gasteiger partial charge in [-0.3, -0.25) is 14.4 Å². The number of aromatic nitrogens is 2. The zero-order chi connectivity index (χ0) is 14.1. The van der Waals surface area contributed by atoms with Crippen molar-refractivity contribution in [3.63, 3.8) is 0 Å². The Balaban J connectivity index is 1.74. The molecule has 110 valence electrons. The lowest BCUT2D eigenvalue weighted by atomic mass is 9.80. The lowest BCUT2D eigenvalue weighted by Crippen LogP contribution is -2.33. The van der Waals surface area contributed by atoms with Crippen molar-refractivity contribution in [1.82, 2.24) is 14.7 Å². The highest BCUT2D eigenvalue weighted by Crippen LogP contribution is 2.37. The molecule has 1 fully saturated rings. The zero-order valence-electron chi connectivity index (χ0n) is 11.7. The Kier molecular flexibility index (Phi) is 3.76. The van der Waals surface area contributed by atoms with Gasteiger partial charge in [-0.1, -0.05) is 6.42 Å². The van der Waals surface area contributed by atoms with Crippen molar-refractivity contribution >= 4 is 5.91 Å². The molecule has 1 atom stereocenters. The molecular formula is C14H22N4O2. The van der Waals surface area contributed by atoms with E-state index in [0.717, 1.165) is 43.7 Å². The molecule has 6 heteroatoms. The Labute approximate surface area is 118 Å². The molecule has 1 saturated carbocycles. The van der Waals surface area contributed by atoms with Crippen LogP contribution in [0, 0.1) is 5.92 Å². The number of hydrogen-bond acceptors (Lipinski definition) is 4. The third-order valence-electron chi connectivity index (χ3n) is 4.39. The summed E-state index contributed by atoms with van der Waals surface area (Å²) in [6.07, 6.45) is 3.91. The van der Waals surface area contributed by atoms with Crippen molar-refractivity contribution in [3.8, 4) is 0 Å². The standard InChI is InChI=1S/C14H22N4O2/c15-13(19)9-17-5-2-6-18-11(8-17)7-12(16-18)14(20)10-3-1-4-10/h7,10,14,20H,1-6,8-9H2,(H2,15,19)/t14-/m0/s1. The molecule has 20 heavy (non-hydrogen) atoms. The smallest absolute Gasteiger partial charge is 0.231 e. The molecule has 6 nitrogen and oxygen atoms in total. The third kappa shape index (κ3) is 2.71. The first-order chi connectivity index (χ1) is 9.63. The van der Waals surface area contributed by atoms with E-state index in [1.165, 1.54) is 6.42 Å². The van der Waals surface area contributed by atoms with Gasteiger partial charge in [-0.15, -0.1) is 0 Å². The van der Waals surface area contributed by atoms with Gasteiger partial charge in [-0.05, 0) is 31.2 Å². The van der Waals surface area contributed by atoms with E-state index in [1.54, 1.807) is 0 Å². The minimum atomic E-state index is -0.437. The Morgan fingerprint density at radius 2 is 2.25 bits per heavy atom. The Morgan fingerprint density at radius 1 is 1.45 bits per heavy atom. The molecule has 0 aromatic carbocycles. The Hall–Kier alpha value is -1.40. The number of carbonyl (C=O) groups is 1. The predicted molar refractivity (Wildman–Crippen MR) is 73.6 cm³/mol. The first-order valence-electron chi connectivity index (χ1n) is 7.39. The van der Waals surface area contributed by atoms with Crippen molar-refractivity contribution in [2.75, 3.05) is 13.1 Å². The Morgan fingerprint density at radius 3 is 2.90 bits per heavy atom. The number of primary amides is 1. The maximum absolute atomic E-state index is 11.1. The SMILES string of the molecule is NC(=O)CN1CCCn2nc([C@@H](O)C3CCC3)cc2C1. The van der Waals surface area contributed by atoms with Crippen molar-refractivity contribution in [2.45, 2.75) is 44.9 Å². The summed E-state index contributed by atoms with van der Waals surface area (Å²) in [4.78, 5) is 13.1. The van der Waals surface area contributed by atoms with Crippen LogP contribution in [-0.4, -0.2) is 38.8 Å². The molecule has 1 aromatic rings. The van der Waals surface area contributed by atoms with E-state index in [0.29, 0.717) is 12.5 Å². The summed E-state index contributed by atoms with van der Waals surface area (Å²) < 4.78 is 1.97. The van der Waals surface area contributed by atoms with Crippen molar-refractivity contribution < 1.29 is 9.90 Å². The molecule has 0 unspecified atom stereocenters. The number of carbonyl (C=O) groups excluding carboxylic acids is 1. The molecule has 2 aliphatic rings. The maximum Gasteiger partial charge on any atom is 0.231 e. The van der Waals surface area contributed by atoms with Crippen LogP contribution in [0.3, 0.4) is 0 Å². The van der Waals surface area contributed by atoms with E-state index in [9.17, 15) is 9.90 Å². The second kappa shape index (κ2) is 5.54. The van der Waals surface area contributed by atoms with E-state index < -0.39 is 6.10 Å². The summed E-state index contributed by atoms with van der Waals surface area (Å²) in [7, 11) is 0. The summed E-state index contributed by atoms with van der Waals surface area (Å²) >= 11 is 0. The number of nitrogens with zero attached hydrogens (tertiary/aromatic N) is 3. The largest absolute Gasteiger partial charge is 0.386 e. The summed E-state index contributed by atoms with van der Waals surface area (Å²) in [6.45, 7) is 2.65. The van der Waals surface area contributed by atoms with Crippen molar-refractivity contribution in [1.29, 1.82) is 0 Å². The number of aliphatic hydroxyl groups is 1. The van der Waals surface area contributed by atoms with Gasteiger partial charge in [0, 0.05) is 19.6 Å². The van der Waals surface area contributed by atoms with Crippen LogP contribution in [0.5, 0.6) is 0 Å². The van der Waals surface area contributed by atoms with E-state index in [2.05, 4.69) is 5.10 Å². The van der Waals surface area contributed by atoms with Gasteiger partial charge in [-0.25, -0.2) is 0 Å². The van der Waals surface area contributed by atoms with Crippen LogP contribution in [0.2, 0.25) is 0 Å². The predicted octanol–water partition coefficient (Wildman–Crippen LogP) is 0.408.